The third-order valence-electron chi connectivity index (χ3n) is 10.6. The maximum atomic E-state index is 12.6. The number of nitrogens with one attached hydrogen (secondary N) is 2. The van der Waals surface area contributed by atoms with Crippen molar-refractivity contribution in [2.45, 2.75) is 89.1 Å². The number of benzene rings is 4. The Kier molecular flexibility index (Phi) is 13.9. The van der Waals surface area contributed by atoms with E-state index >= 15 is 0 Å². The van der Waals surface area contributed by atoms with Gasteiger partial charge in [0.15, 0.2) is 6.29 Å². The van der Waals surface area contributed by atoms with Crippen molar-refractivity contribution < 1.29 is 29.3 Å². The van der Waals surface area contributed by atoms with Crippen LogP contribution in [0.3, 0.4) is 0 Å². The van der Waals surface area contributed by atoms with Crippen LogP contribution in [-0.2, 0) is 37.8 Å². The van der Waals surface area contributed by atoms with Crippen molar-refractivity contribution in [2.75, 3.05) is 26.2 Å². The fourth-order valence-electron chi connectivity index (χ4n) is 7.39. The summed E-state index contributed by atoms with van der Waals surface area (Å²) in [6.07, 6.45) is 4.03. The number of nitrogens with zero attached hydrogens (tertiary/aromatic N) is 1. The summed E-state index contributed by atoms with van der Waals surface area (Å²) in [6, 6.07) is 31.8. The van der Waals surface area contributed by atoms with E-state index in [1.165, 1.54) is 6.92 Å². The van der Waals surface area contributed by atoms with E-state index in [1.807, 2.05) is 66.7 Å². The normalized spacial score (nSPS) is 20.0. The smallest absolute Gasteiger partial charge is 0.220 e. The number of carbonyl (C=O) groups excluding carboxylic acids is 2. The Morgan fingerprint density at radius 1 is 0.852 bits per heavy atom. The molecule has 0 radical (unpaired) electrons. The molecule has 0 aliphatic carbocycles. The van der Waals surface area contributed by atoms with E-state index in [0.717, 1.165) is 77.8 Å². The van der Waals surface area contributed by atoms with Crippen molar-refractivity contribution in [3.8, 4) is 11.1 Å². The Hall–Kier alpha value is -4.09. The van der Waals surface area contributed by atoms with Crippen LogP contribution < -0.4 is 10.6 Å². The first-order valence-electron chi connectivity index (χ1n) is 19.1. The molecule has 4 aromatic carbocycles. The molecule has 2 aliphatic rings. The minimum atomic E-state index is -0.876. The van der Waals surface area contributed by atoms with Gasteiger partial charge in [-0.15, -0.1) is 0 Å². The molecule has 0 saturated carbocycles. The van der Waals surface area contributed by atoms with Gasteiger partial charge >= 0.3 is 0 Å². The van der Waals surface area contributed by atoms with Crippen molar-refractivity contribution in [2.24, 2.45) is 0 Å². The van der Waals surface area contributed by atoms with E-state index in [4.69, 9.17) is 21.1 Å². The van der Waals surface area contributed by atoms with Crippen LogP contribution >= 0.6 is 11.6 Å². The quantitative estimate of drug-likeness (QED) is 0.0939. The number of hydrogen-bond donors (Lipinski definition) is 4. The summed E-state index contributed by atoms with van der Waals surface area (Å²) < 4.78 is 13.3. The summed E-state index contributed by atoms with van der Waals surface area (Å²) >= 11 is 6.10. The number of ether oxygens (including phenoxy) is 2. The van der Waals surface area contributed by atoms with Crippen molar-refractivity contribution in [1.29, 1.82) is 0 Å². The molecular weight excluding hydrogens is 702 g/mol. The van der Waals surface area contributed by atoms with Crippen LogP contribution in [-0.4, -0.2) is 59.2 Å². The zero-order chi connectivity index (χ0) is 37.9. The van der Waals surface area contributed by atoms with E-state index < -0.39 is 11.9 Å². The highest BCUT2D eigenvalue weighted by atomic mass is 35.5. The molecule has 0 aromatic heterocycles. The predicted molar refractivity (Wildman–Crippen MR) is 210 cm³/mol. The van der Waals surface area contributed by atoms with E-state index in [2.05, 4.69) is 45.9 Å². The Balaban J connectivity index is 1.10. The molecule has 2 fully saturated rings. The molecule has 0 unspecified atom stereocenters. The number of unbranched alkanes of at least 4 members (excludes halogenated alkanes) is 2. The Bertz CT molecular complexity index is 1810. The van der Waals surface area contributed by atoms with Crippen LogP contribution in [0.2, 0.25) is 5.02 Å². The third-order valence-corrected chi connectivity index (χ3v) is 10.8. The summed E-state index contributed by atoms with van der Waals surface area (Å²) in [6.45, 7) is 4.78. The molecule has 2 heterocycles. The van der Waals surface area contributed by atoms with Crippen molar-refractivity contribution in [1.82, 2.24) is 15.5 Å². The van der Waals surface area contributed by atoms with E-state index in [9.17, 15) is 19.8 Å². The Morgan fingerprint density at radius 2 is 1.56 bits per heavy atom. The van der Waals surface area contributed by atoms with Gasteiger partial charge in [-0.25, -0.2) is 0 Å². The number of aliphatic hydroxyl groups excluding tert-OH is 1. The molecule has 2 aliphatic heterocycles. The summed E-state index contributed by atoms with van der Waals surface area (Å²) in [7, 11) is 0. The fraction of sp³-hybridized carbons (Fsp3) is 0.409. The molecule has 0 spiro atoms. The number of piperidine rings is 1. The minimum absolute atomic E-state index is 0.0124. The van der Waals surface area contributed by atoms with Gasteiger partial charge in [-0.1, -0.05) is 103 Å². The molecule has 286 valence electrons. The first-order valence-corrected chi connectivity index (χ1v) is 19.5. The number of amides is 2. The molecule has 9 nitrogen and oxygen atoms in total. The topological polar surface area (TPSA) is 120 Å². The van der Waals surface area contributed by atoms with Gasteiger partial charge in [0.05, 0.1) is 24.4 Å². The zero-order valence-corrected chi connectivity index (χ0v) is 31.8. The summed E-state index contributed by atoms with van der Waals surface area (Å²) in [5.41, 5.74) is 5.95. The molecule has 4 aromatic rings. The van der Waals surface area contributed by atoms with Gasteiger partial charge in [0, 0.05) is 63.1 Å². The maximum absolute atomic E-state index is 12.6. The lowest BCUT2D eigenvalue weighted by atomic mass is 9.84. The van der Waals surface area contributed by atoms with Gasteiger partial charge in [0.2, 0.25) is 11.8 Å². The SMILES string of the molecule is CC(=O)NCCCCCC(=O)NCc1ccccc1-c1ccc([C@H]2O[C@@H](CN3CCC(O)(c4ccc(Cl)cc4)CC3)C[C@@H](c3ccc(CO)cc3)O2)cc1. The number of likely N-dealkylation sites (tertiary alicyclic amines) is 1. The van der Waals surface area contributed by atoms with Crippen LogP contribution in [0.5, 0.6) is 0 Å². The summed E-state index contributed by atoms with van der Waals surface area (Å²) in [5.74, 6) is -0.0141. The molecule has 2 saturated heterocycles. The monoisotopic (exact) mass is 753 g/mol. The second kappa shape index (κ2) is 19.0. The molecular formula is C44H52ClN3O6. The number of halogens is 1. The highest BCUT2D eigenvalue weighted by Crippen LogP contribution is 2.40. The fourth-order valence-corrected chi connectivity index (χ4v) is 7.51. The number of aliphatic hydroxyl groups is 2. The second-order valence-electron chi connectivity index (χ2n) is 14.5. The Morgan fingerprint density at radius 3 is 2.26 bits per heavy atom. The van der Waals surface area contributed by atoms with Gasteiger partial charge in [-0.05, 0) is 71.2 Å². The average molecular weight is 754 g/mol. The minimum Gasteiger partial charge on any atom is -0.392 e. The van der Waals surface area contributed by atoms with Gasteiger partial charge in [0.25, 0.3) is 0 Å². The molecule has 10 heteroatoms. The molecule has 3 atom stereocenters. The van der Waals surface area contributed by atoms with Gasteiger partial charge in [-0.3, -0.25) is 9.59 Å². The number of hydrogen-bond acceptors (Lipinski definition) is 7. The standard InChI is InChI=1S/C44H52ClN3O6/c1-31(50)46-24-6-2-3-9-42(51)47-28-36-7-4-5-8-40(36)33-14-16-35(17-15-33)43-53-39(27-41(54-43)34-12-10-32(30-49)11-13-34)29-48-25-22-44(52,23-26-48)37-18-20-38(45)21-19-37/h4-5,7-8,10-21,39,41,43,49,52H,2-3,6,9,22-30H2,1H3,(H,46,50)(H,47,51)/t39-,41+,43+/m1/s1. The highest BCUT2D eigenvalue weighted by molar-refractivity contribution is 6.30. The molecule has 0 bridgehead atoms. The molecule has 54 heavy (non-hydrogen) atoms. The lowest BCUT2D eigenvalue weighted by Crippen LogP contribution is -2.46. The first kappa shape index (κ1) is 39.6. The maximum Gasteiger partial charge on any atom is 0.220 e. The van der Waals surface area contributed by atoms with Crippen LogP contribution in [0.15, 0.2) is 97.1 Å². The first-order chi connectivity index (χ1) is 26.2. The van der Waals surface area contributed by atoms with E-state index in [0.29, 0.717) is 43.8 Å². The third kappa shape index (κ3) is 10.8. The van der Waals surface area contributed by atoms with Gasteiger partial charge < -0.3 is 35.2 Å². The van der Waals surface area contributed by atoms with Crippen molar-refractivity contribution in [3.63, 3.8) is 0 Å². The number of carbonyl (C=O) groups is 2. The van der Waals surface area contributed by atoms with Crippen LogP contribution in [0.25, 0.3) is 11.1 Å². The van der Waals surface area contributed by atoms with Crippen LogP contribution in [0, 0.1) is 0 Å². The van der Waals surface area contributed by atoms with E-state index in [1.54, 1.807) is 0 Å². The molecule has 6 rings (SSSR count). The zero-order valence-electron chi connectivity index (χ0n) is 31.0. The summed E-state index contributed by atoms with van der Waals surface area (Å²) in [5, 5.41) is 27.6. The van der Waals surface area contributed by atoms with Gasteiger partial charge in [-0.2, -0.15) is 0 Å². The molecule has 4 N–H and O–H groups in total. The highest BCUT2D eigenvalue weighted by Gasteiger charge is 2.37. The van der Waals surface area contributed by atoms with E-state index in [-0.39, 0.29) is 30.6 Å². The van der Waals surface area contributed by atoms with Crippen LogP contribution in [0.4, 0.5) is 0 Å². The largest absolute Gasteiger partial charge is 0.392 e. The Labute approximate surface area is 323 Å². The lowest BCUT2D eigenvalue weighted by molar-refractivity contribution is -0.253. The predicted octanol–water partition coefficient (Wildman–Crippen LogP) is 7.34. The average Bonchev–Trinajstić information content (AvgIpc) is 3.19. The van der Waals surface area contributed by atoms with Crippen molar-refractivity contribution in [3.05, 3.63) is 130 Å². The lowest BCUT2D eigenvalue weighted by Gasteiger charge is -2.42. The van der Waals surface area contributed by atoms with Crippen LogP contribution in [0.1, 0.15) is 92.1 Å². The molecule has 2 amide bonds. The summed E-state index contributed by atoms with van der Waals surface area (Å²) in [4.78, 5) is 26.0. The van der Waals surface area contributed by atoms with Gasteiger partial charge in [0.1, 0.15) is 0 Å². The number of rotatable bonds is 15. The van der Waals surface area contributed by atoms with Crippen molar-refractivity contribution >= 4 is 23.4 Å². The second-order valence-corrected chi connectivity index (χ2v) is 15.0.